The molecule has 0 bridgehead atoms. The first-order valence-electron chi connectivity index (χ1n) is 9.55. The van der Waals surface area contributed by atoms with Crippen LogP contribution in [0.2, 0.25) is 0 Å². The number of likely N-dealkylation sites (tertiary alicyclic amines) is 1. The van der Waals surface area contributed by atoms with Crippen LogP contribution in [-0.2, 0) is 6.54 Å². The highest BCUT2D eigenvalue weighted by molar-refractivity contribution is 8.00. The molecule has 2 atom stereocenters. The minimum Gasteiger partial charge on any atom is -0.401 e. The molecule has 2 aliphatic rings. The van der Waals surface area contributed by atoms with E-state index in [0.29, 0.717) is 23.1 Å². The van der Waals surface area contributed by atoms with E-state index < -0.39 is 0 Å². The average Bonchev–Trinajstić information content (AvgIpc) is 3.14. The van der Waals surface area contributed by atoms with Crippen LogP contribution in [0.3, 0.4) is 0 Å². The van der Waals surface area contributed by atoms with Crippen molar-refractivity contribution in [3.8, 4) is 0 Å². The van der Waals surface area contributed by atoms with Crippen LogP contribution in [-0.4, -0.2) is 26.0 Å². The van der Waals surface area contributed by atoms with E-state index in [-0.39, 0.29) is 0 Å². The third-order valence-electron chi connectivity index (χ3n) is 5.39. The molecule has 1 aromatic rings. The minimum absolute atomic E-state index is 0.375. The van der Waals surface area contributed by atoms with Crippen LogP contribution < -0.4 is 5.73 Å². The van der Waals surface area contributed by atoms with E-state index in [9.17, 15) is 0 Å². The summed E-state index contributed by atoms with van der Waals surface area (Å²) in [6.45, 7) is 12.0. The second kappa shape index (κ2) is 7.48. The van der Waals surface area contributed by atoms with Crippen molar-refractivity contribution in [3.05, 3.63) is 35.4 Å². The number of hydrogen-bond donors (Lipinski definition) is 1. The second-order valence-electron chi connectivity index (χ2n) is 7.83. The SMILES string of the molecule is C/C=C1/CCCC(C2Cn3ncc(C(C)C)c3S2)N1/C=C(\N)C(C)C. The highest BCUT2D eigenvalue weighted by atomic mass is 32.2. The van der Waals surface area contributed by atoms with Gasteiger partial charge in [0.15, 0.2) is 0 Å². The lowest BCUT2D eigenvalue weighted by Gasteiger charge is -2.40. The van der Waals surface area contributed by atoms with Gasteiger partial charge in [0.2, 0.25) is 0 Å². The van der Waals surface area contributed by atoms with Gasteiger partial charge in [-0.3, -0.25) is 4.68 Å². The minimum atomic E-state index is 0.375. The topological polar surface area (TPSA) is 47.1 Å². The van der Waals surface area contributed by atoms with Gasteiger partial charge in [-0.1, -0.05) is 45.5 Å². The lowest BCUT2D eigenvalue weighted by atomic mass is 9.96. The summed E-state index contributed by atoms with van der Waals surface area (Å²) in [6.07, 6.45) is 10.1. The van der Waals surface area contributed by atoms with Gasteiger partial charge >= 0.3 is 0 Å². The molecule has 25 heavy (non-hydrogen) atoms. The van der Waals surface area contributed by atoms with Crippen LogP contribution in [0.15, 0.2) is 34.9 Å². The zero-order chi connectivity index (χ0) is 18.1. The smallest absolute Gasteiger partial charge is 0.0979 e. The lowest BCUT2D eigenvalue weighted by molar-refractivity contribution is 0.249. The van der Waals surface area contributed by atoms with Crippen LogP contribution in [0.1, 0.15) is 65.4 Å². The van der Waals surface area contributed by atoms with E-state index >= 15 is 0 Å². The molecule has 1 fully saturated rings. The van der Waals surface area contributed by atoms with Crippen LogP contribution in [0.25, 0.3) is 0 Å². The summed E-state index contributed by atoms with van der Waals surface area (Å²) in [5.74, 6) is 0.903. The predicted octanol–water partition coefficient (Wildman–Crippen LogP) is 4.70. The maximum absolute atomic E-state index is 6.32. The van der Waals surface area contributed by atoms with Crippen molar-refractivity contribution in [3.63, 3.8) is 0 Å². The fraction of sp³-hybridized carbons (Fsp3) is 0.650. The third-order valence-corrected chi connectivity index (χ3v) is 6.83. The van der Waals surface area contributed by atoms with E-state index in [1.165, 1.54) is 29.1 Å². The molecule has 4 nitrogen and oxygen atoms in total. The summed E-state index contributed by atoms with van der Waals surface area (Å²) in [6, 6.07) is 0.490. The van der Waals surface area contributed by atoms with Crippen LogP contribution in [0.4, 0.5) is 0 Å². The monoisotopic (exact) mass is 360 g/mol. The summed E-state index contributed by atoms with van der Waals surface area (Å²) in [5, 5.41) is 6.54. The molecule has 3 heterocycles. The Morgan fingerprint density at radius 3 is 2.76 bits per heavy atom. The van der Waals surface area contributed by atoms with E-state index in [1.807, 2.05) is 11.8 Å². The molecule has 2 unspecified atom stereocenters. The van der Waals surface area contributed by atoms with Gasteiger partial charge in [-0.05, 0) is 38.0 Å². The number of nitrogens with zero attached hydrogens (tertiary/aromatic N) is 3. The first-order chi connectivity index (χ1) is 11.9. The lowest BCUT2D eigenvalue weighted by Crippen LogP contribution is -2.42. The number of allylic oxidation sites excluding steroid dienone is 3. The van der Waals surface area contributed by atoms with E-state index in [2.05, 4.69) is 67.8 Å². The van der Waals surface area contributed by atoms with Gasteiger partial charge in [0.25, 0.3) is 0 Å². The van der Waals surface area contributed by atoms with Crippen molar-refractivity contribution in [2.45, 2.75) is 82.7 Å². The highest BCUT2D eigenvalue weighted by Crippen LogP contribution is 2.43. The number of piperidine rings is 1. The van der Waals surface area contributed by atoms with Crippen LogP contribution in [0.5, 0.6) is 0 Å². The Morgan fingerprint density at radius 2 is 2.12 bits per heavy atom. The molecule has 3 rings (SSSR count). The quantitative estimate of drug-likeness (QED) is 0.846. The maximum atomic E-state index is 6.32. The van der Waals surface area contributed by atoms with Crippen molar-refractivity contribution in [2.24, 2.45) is 11.7 Å². The van der Waals surface area contributed by atoms with Gasteiger partial charge in [-0.15, -0.1) is 0 Å². The Bertz CT molecular complexity index is 671. The van der Waals surface area contributed by atoms with Crippen molar-refractivity contribution in [2.75, 3.05) is 0 Å². The summed E-state index contributed by atoms with van der Waals surface area (Å²) >= 11 is 2.02. The van der Waals surface area contributed by atoms with E-state index in [4.69, 9.17) is 5.73 Å². The molecule has 2 N–H and O–H groups in total. The van der Waals surface area contributed by atoms with Crippen molar-refractivity contribution in [1.82, 2.24) is 14.7 Å². The zero-order valence-corrected chi connectivity index (χ0v) is 17.0. The molecule has 5 heteroatoms. The largest absolute Gasteiger partial charge is 0.401 e. The Hall–Kier alpha value is -1.36. The molecule has 0 aromatic carbocycles. The maximum Gasteiger partial charge on any atom is 0.0979 e. The van der Waals surface area contributed by atoms with Gasteiger partial charge in [-0.25, -0.2) is 0 Å². The Kier molecular flexibility index (Phi) is 5.52. The van der Waals surface area contributed by atoms with Crippen molar-refractivity contribution < 1.29 is 0 Å². The van der Waals surface area contributed by atoms with Gasteiger partial charge in [0.1, 0.15) is 0 Å². The van der Waals surface area contributed by atoms with Gasteiger partial charge in [0.05, 0.1) is 23.0 Å². The average molecular weight is 361 g/mol. The van der Waals surface area contributed by atoms with Gasteiger partial charge < -0.3 is 10.6 Å². The molecular weight excluding hydrogens is 328 g/mol. The second-order valence-corrected chi connectivity index (χ2v) is 9.06. The third kappa shape index (κ3) is 3.62. The van der Waals surface area contributed by atoms with Crippen LogP contribution >= 0.6 is 11.8 Å². The molecular formula is C20H32N4S. The first kappa shape index (κ1) is 18.4. The zero-order valence-electron chi connectivity index (χ0n) is 16.2. The highest BCUT2D eigenvalue weighted by Gasteiger charge is 2.37. The standard InChI is InChI=1S/C20H32N4S/c1-6-15-8-7-9-18(23(15)11-17(21)14(4)5)19-12-24-20(25-19)16(10-22-24)13(2)3/h6,10-11,13-14,18-19H,7-9,12,21H2,1-5H3/b15-6-,17-11-. The number of aromatic nitrogens is 2. The van der Waals surface area contributed by atoms with Crippen LogP contribution in [0, 0.1) is 5.92 Å². The molecule has 0 spiro atoms. The molecule has 0 amide bonds. The molecule has 1 aromatic heterocycles. The fourth-order valence-corrected chi connectivity index (χ4v) is 5.31. The van der Waals surface area contributed by atoms with E-state index in [1.54, 1.807) is 0 Å². The fourth-order valence-electron chi connectivity index (χ4n) is 3.72. The number of rotatable bonds is 4. The molecule has 2 aliphatic heterocycles. The Morgan fingerprint density at radius 1 is 1.36 bits per heavy atom. The number of fused-ring (bicyclic) bond motifs is 1. The predicted molar refractivity (Wildman–Crippen MR) is 106 cm³/mol. The number of nitrogens with two attached hydrogens (primary N) is 1. The van der Waals surface area contributed by atoms with Gasteiger partial charge in [0, 0.05) is 29.2 Å². The molecule has 1 saturated heterocycles. The Labute approximate surface area is 156 Å². The number of hydrogen-bond acceptors (Lipinski definition) is 4. The van der Waals surface area contributed by atoms with Crippen molar-refractivity contribution >= 4 is 11.8 Å². The van der Waals surface area contributed by atoms with Gasteiger partial charge in [-0.2, -0.15) is 5.10 Å². The normalized spacial score (nSPS) is 26.1. The number of thioether (sulfide) groups is 1. The van der Waals surface area contributed by atoms with Crippen molar-refractivity contribution in [1.29, 1.82) is 0 Å². The molecule has 0 saturated carbocycles. The van der Waals surface area contributed by atoms with E-state index in [0.717, 1.165) is 18.7 Å². The summed E-state index contributed by atoms with van der Waals surface area (Å²) < 4.78 is 2.21. The summed E-state index contributed by atoms with van der Waals surface area (Å²) in [5.41, 5.74) is 10.1. The Balaban J connectivity index is 1.86. The first-order valence-corrected chi connectivity index (χ1v) is 10.4. The molecule has 0 aliphatic carbocycles. The molecule has 0 radical (unpaired) electrons. The summed E-state index contributed by atoms with van der Waals surface area (Å²) in [7, 11) is 0. The summed E-state index contributed by atoms with van der Waals surface area (Å²) in [4.78, 5) is 2.47. The molecule has 138 valence electrons.